The van der Waals surface area contributed by atoms with E-state index in [-0.39, 0.29) is 5.91 Å². The fourth-order valence-corrected chi connectivity index (χ4v) is 3.26. The molecule has 1 aliphatic rings. The molecule has 0 saturated heterocycles. The van der Waals surface area contributed by atoms with Gasteiger partial charge in [0.2, 0.25) is 5.91 Å². The van der Waals surface area contributed by atoms with E-state index in [1.54, 1.807) is 0 Å². The van der Waals surface area contributed by atoms with Gasteiger partial charge in [0, 0.05) is 30.3 Å². The van der Waals surface area contributed by atoms with E-state index >= 15 is 0 Å². The number of aryl methyl sites for hydroxylation is 1. The van der Waals surface area contributed by atoms with Crippen LogP contribution in [0.5, 0.6) is 0 Å². The summed E-state index contributed by atoms with van der Waals surface area (Å²) in [5, 5.41) is 3.02. The highest BCUT2D eigenvalue weighted by atomic mass is 79.9. The van der Waals surface area contributed by atoms with Crippen LogP contribution in [0.3, 0.4) is 0 Å². The molecule has 0 saturated carbocycles. The van der Waals surface area contributed by atoms with Crippen molar-refractivity contribution in [2.45, 2.75) is 25.8 Å². The van der Waals surface area contributed by atoms with Crippen LogP contribution in [0, 0.1) is 0 Å². The van der Waals surface area contributed by atoms with Crippen molar-refractivity contribution in [2.24, 2.45) is 0 Å². The van der Waals surface area contributed by atoms with Crippen molar-refractivity contribution in [1.82, 2.24) is 5.32 Å². The Morgan fingerprint density at radius 2 is 1.91 bits per heavy atom. The number of carbonyl (C=O) groups excluding carboxylic acids is 1. The summed E-state index contributed by atoms with van der Waals surface area (Å²) in [6.45, 7) is 1.71. The lowest BCUT2D eigenvalue weighted by molar-refractivity contribution is -0.120. The molecule has 120 valence electrons. The molecule has 4 heteroatoms. The average Bonchev–Trinajstić information content (AvgIpc) is 2.55. The van der Waals surface area contributed by atoms with E-state index in [4.69, 9.17) is 0 Å². The van der Waals surface area contributed by atoms with Gasteiger partial charge in [0.1, 0.15) is 0 Å². The third-order valence-electron chi connectivity index (χ3n) is 4.26. The number of nitrogens with one attached hydrogen (secondary N) is 1. The maximum absolute atomic E-state index is 12.1. The first kappa shape index (κ1) is 16.1. The lowest BCUT2D eigenvalue weighted by atomic mass is 9.99. The third-order valence-corrected chi connectivity index (χ3v) is 4.79. The zero-order valence-corrected chi connectivity index (χ0v) is 14.9. The predicted molar refractivity (Wildman–Crippen MR) is 97.7 cm³/mol. The highest BCUT2D eigenvalue weighted by Gasteiger charge is 2.13. The number of halogens is 1. The Morgan fingerprint density at radius 3 is 2.70 bits per heavy atom. The molecule has 0 radical (unpaired) electrons. The van der Waals surface area contributed by atoms with Gasteiger partial charge in [-0.25, -0.2) is 0 Å². The third kappa shape index (κ3) is 4.14. The molecule has 2 aromatic rings. The second-order valence-corrected chi connectivity index (χ2v) is 6.98. The first-order chi connectivity index (χ1) is 11.1. The molecule has 0 atom stereocenters. The molecule has 1 N–H and O–H groups in total. The van der Waals surface area contributed by atoms with Gasteiger partial charge in [-0.2, -0.15) is 0 Å². The van der Waals surface area contributed by atoms with E-state index in [2.05, 4.69) is 51.4 Å². The minimum absolute atomic E-state index is 0.0576. The van der Waals surface area contributed by atoms with Gasteiger partial charge < -0.3 is 10.2 Å². The highest BCUT2D eigenvalue weighted by molar-refractivity contribution is 9.10. The van der Waals surface area contributed by atoms with Crippen molar-refractivity contribution >= 4 is 27.5 Å². The van der Waals surface area contributed by atoms with Crippen LogP contribution in [0.15, 0.2) is 46.9 Å². The van der Waals surface area contributed by atoms with E-state index in [0.717, 1.165) is 23.0 Å². The van der Waals surface area contributed by atoms with E-state index in [1.165, 1.54) is 23.2 Å². The molecule has 23 heavy (non-hydrogen) atoms. The number of fused-ring (bicyclic) bond motifs is 1. The second kappa shape index (κ2) is 7.18. The molecule has 0 aromatic heterocycles. The van der Waals surface area contributed by atoms with Crippen LogP contribution in [-0.4, -0.2) is 19.5 Å². The Labute approximate surface area is 145 Å². The summed E-state index contributed by atoms with van der Waals surface area (Å²) in [6, 6.07) is 14.4. The fourth-order valence-electron chi connectivity index (χ4n) is 3.00. The molecule has 0 fully saturated rings. The van der Waals surface area contributed by atoms with Crippen molar-refractivity contribution in [3.63, 3.8) is 0 Å². The molecule has 3 rings (SSSR count). The van der Waals surface area contributed by atoms with E-state index in [1.807, 2.05) is 24.3 Å². The number of anilines is 1. The predicted octanol–water partition coefficient (Wildman–Crippen LogP) is 3.69. The molecule has 1 heterocycles. The number of hydrogen-bond donors (Lipinski definition) is 1. The Bertz CT molecular complexity index is 697. The second-order valence-electron chi connectivity index (χ2n) is 6.07. The van der Waals surface area contributed by atoms with Crippen LogP contribution < -0.4 is 10.2 Å². The van der Waals surface area contributed by atoms with Gasteiger partial charge >= 0.3 is 0 Å². The Kier molecular flexibility index (Phi) is 5.01. The van der Waals surface area contributed by atoms with Crippen LogP contribution in [0.2, 0.25) is 0 Å². The van der Waals surface area contributed by atoms with Crippen LogP contribution >= 0.6 is 15.9 Å². The smallest absolute Gasteiger partial charge is 0.224 e. The van der Waals surface area contributed by atoms with Crippen LogP contribution in [0.1, 0.15) is 23.1 Å². The normalized spacial score (nSPS) is 13.6. The first-order valence-electron chi connectivity index (χ1n) is 7.96. The van der Waals surface area contributed by atoms with Crippen molar-refractivity contribution in [2.75, 3.05) is 18.5 Å². The van der Waals surface area contributed by atoms with E-state index < -0.39 is 0 Å². The van der Waals surface area contributed by atoms with Crippen molar-refractivity contribution < 1.29 is 4.79 Å². The maximum Gasteiger partial charge on any atom is 0.224 e. The fraction of sp³-hybridized carbons (Fsp3) is 0.316. The van der Waals surface area contributed by atoms with Gasteiger partial charge in [0.15, 0.2) is 0 Å². The summed E-state index contributed by atoms with van der Waals surface area (Å²) >= 11 is 3.40. The van der Waals surface area contributed by atoms with Gasteiger partial charge in [0.25, 0.3) is 0 Å². The average molecular weight is 373 g/mol. The molecule has 0 aliphatic carbocycles. The van der Waals surface area contributed by atoms with Crippen molar-refractivity contribution in [3.8, 4) is 0 Å². The molecule has 0 unspecified atom stereocenters. The molecule has 0 bridgehead atoms. The summed E-state index contributed by atoms with van der Waals surface area (Å²) in [5.74, 6) is 0.0576. The quantitative estimate of drug-likeness (QED) is 0.887. The number of carbonyl (C=O) groups is 1. The monoisotopic (exact) mass is 372 g/mol. The Hall–Kier alpha value is -1.81. The topological polar surface area (TPSA) is 32.3 Å². The maximum atomic E-state index is 12.1. The molecule has 3 nitrogen and oxygen atoms in total. The van der Waals surface area contributed by atoms with E-state index in [0.29, 0.717) is 13.0 Å². The zero-order valence-electron chi connectivity index (χ0n) is 13.3. The summed E-state index contributed by atoms with van der Waals surface area (Å²) in [6.07, 6.45) is 2.74. The lowest BCUT2D eigenvalue weighted by Gasteiger charge is -2.27. The standard InChI is InChI=1S/C19H21BrN2O/c1-22-10-2-3-16-11-15(6-9-18(16)22)13-21-19(23)12-14-4-7-17(20)8-5-14/h4-9,11H,2-3,10,12-13H2,1H3,(H,21,23). The van der Waals surface area contributed by atoms with Crippen LogP contribution in [0.25, 0.3) is 0 Å². The van der Waals surface area contributed by atoms with E-state index in [9.17, 15) is 4.79 Å². The number of benzene rings is 2. The van der Waals surface area contributed by atoms with Gasteiger partial charge in [-0.1, -0.05) is 40.2 Å². The number of amides is 1. The van der Waals surface area contributed by atoms with Gasteiger partial charge in [-0.15, -0.1) is 0 Å². The zero-order chi connectivity index (χ0) is 16.2. The van der Waals surface area contributed by atoms with Crippen LogP contribution in [-0.2, 0) is 24.2 Å². The highest BCUT2D eigenvalue weighted by Crippen LogP contribution is 2.26. The van der Waals surface area contributed by atoms with Gasteiger partial charge in [0.05, 0.1) is 6.42 Å². The van der Waals surface area contributed by atoms with Crippen LogP contribution in [0.4, 0.5) is 5.69 Å². The number of rotatable bonds is 4. The molecule has 1 amide bonds. The Balaban J connectivity index is 1.57. The molecular weight excluding hydrogens is 352 g/mol. The first-order valence-corrected chi connectivity index (χ1v) is 8.75. The minimum Gasteiger partial charge on any atom is -0.374 e. The Morgan fingerprint density at radius 1 is 1.17 bits per heavy atom. The summed E-state index contributed by atoms with van der Waals surface area (Å²) in [7, 11) is 2.14. The van der Waals surface area contributed by atoms with Crippen molar-refractivity contribution in [3.05, 3.63) is 63.6 Å². The molecular formula is C19H21BrN2O. The van der Waals surface area contributed by atoms with Gasteiger partial charge in [-0.3, -0.25) is 4.79 Å². The molecule has 0 spiro atoms. The molecule has 2 aromatic carbocycles. The largest absolute Gasteiger partial charge is 0.374 e. The number of hydrogen-bond acceptors (Lipinski definition) is 2. The van der Waals surface area contributed by atoms with Crippen molar-refractivity contribution in [1.29, 1.82) is 0 Å². The van der Waals surface area contributed by atoms with Gasteiger partial charge in [-0.05, 0) is 47.7 Å². The minimum atomic E-state index is 0.0576. The number of nitrogens with zero attached hydrogens (tertiary/aromatic N) is 1. The SMILES string of the molecule is CN1CCCc2cc(CNC(=O)Cc3ccc(Br)cc3)ccc21. The molecule has 1 aliphatic heterocycles. The summed E-state index contributed by atoms with van der Waals surface area (Å²) in [5.41, 5.74) is 4.90. The lowest BCUT2D eigenvalue weighted by Crippen LogP contribution is -2.26. The summed E-state index contributed by atoms with van der Waals surface area (Å²) in [4.78, 5) is 14.4. The summed E-state index contributed by atoms with van der Waals surface area (Å²) < 4.78 is 1.03.